The molecule has 0 amide bonds. The van der Waals surface area contributed by atoms with Gasteiger partial charge in [-0.3, -0.25) is 0 Å². The van der Waals surface area contributed by atoms with Crippen LogP contribution in [0.2, 0.25) is 0 Å². The lowest BCUT2D eigenvalue weighted by atomic mass is 10.4. The molecule has 0 aromatic rings. The Morgan fingerprint density at radius 1 is 0.778 bits per heavy atom. The SMILES string of the molecule is CS/C=C/S(=O)(=O)C(C)[C@@H](C)S(=O)(=O)/C=C/SC. The summed E-state index contributed by atoms with van der Waals surface area (Å²) in [6.45, 7) is 2.82. The van der Waals surface area contributed by atoms with Gasteiger partial charge in [-0.15, -0.1) is 23.5 Å². The molecule has 0 bridgehead atoms. The lowest BCUT2D eigenvalue weighted by Crippen LogP contribution is -2.33. The van der Waals surface area contributed by atoms with Crippen LogP contribution in [-0.2, 0) is 19.7 Å². The Hall–Kier alpha value is 0.0800. The van der Waals surface area contributed by atoms with E-state index in [1.807, 2.05) is 0 Å². The average Bonchev–Trinajstić information content (AvgIpc) is 2.32. The molecule has 0 aliphatic carbocycles. The van der Waals surface area contributed by atoms with Crippen LogP contribution >= 0.6 is 23.5 Å². The molecule has 1 unspecified atom stereocenters. The third-order valence-corrected chi connectivity index (χ3v) is 7.71. The molecule has 8 heteroatoms. The van der Waals surface area contributed by atoms with Crippen molar-refractivity contribution in [2.24, 2.45) is 0 Å². The van der Waals surface area contributed by atoms with Crippen molar-refractivity contribution in [2.45, 2.75) is 24.3 Å². The average molecular weight is 331 g/mol. The Balaban J connectivity index is 5.18. The van der Waals surface area contributed by atoms with Gasteiger partial charge in [0.2, 0.25) is 0 Å². The maximum absolute atomic E-state index is 11.9. The first-order valence-electron chi connectivity index (χ1n) is 5.05. The molecule has 4 nitrogen and oxygen atoms in total. The number of hydrogen-bond acceptors (Lipinski definition) is 6. The minimum atomic E-state index is -3.55. The molecule has 0 rings (SSSR count). The summed E-state index contributed by atoms with van der Waals surface area (Å²) in [5.74, 6) is 0. The molecule has 0 N–H and O–H groups in total. The topological polar surface area (TPSA) is 68.3 Å². The number of thioether (sulfide) groups is 2. The van der Waals surface area contributed by atoms with Gasteiger partial charge in [0.1, 0.15) is 0 Å². The van der Waals surface area contributed by atoms with Gasteiger partial charge in [0.05, 0.1) is 10.5 Å². The molecule has 0 heterocycles. The van der Waals surface area contributed by atoms with E-state index in [0.29, 0.717) is 0 Å². The third kappa shape index (κ3) is 5.38. The van der Waals surface area contributed by atoms with Crippen LogP contribution < -0.4 is 0 Å². The Labute approximate surface area is 118 Å². The van der Waals surface area contributed by atoms with Crippen molar-refractivity contribution in [1.82, 2.24) is 0 Å². The number of hydrogen-bond donors (Lipinski definition) is 0. The van der Waals surface area contributed by atoms with E-state index in [0.717, 1.165) is 10.8 Å². The lowest BCUT2D eigenvalue weighted by molar-refractivity contribution is 0.572. The molecule has 0 radical (unpaired) electrons. The van der Waals surface area contributed by atoms with Crippen molar-refractivity contribution in [1.29, 1.82) is 0 Å². The smallest absolute Gasteiger partial charge is 0.175 e. The molecular formula is C10H18O4S4. The lowest BCUT2D eigenvalue weighted by Gasteiger charge is -2.16. The highest BCUT2D eigenvalue weighted by atomic mass is 32.2. The standard InChI is InChI=1S/C10H18O4S4/c1-9(17(11,12)7-5-15-3)10(2)18(13,14)8-6-16-4/h5-10H,1-4H3/b7-5+,8-6+/t9-,10?/m1/s1. The van der Waals surface area contributed by atoms with Gasteiger partial charge >= 0.3 is 0 Å². The third-order valence-electron chi connectivity index (χ3n) is 2.46. The summed E-state index contributed by atoms with van der Waals surface area (Å²) in [6.07, 6.45) is 3.47. The van der Waals surface area contributed by atoms with Crippen molar-refractivity contribution in [3.63, 3.8) is 0 Å². The molecule has 0 saturated carbocycles. The minimum absolute atomic E-state index is 0.975. The Morgan fingerprint density at radius 2 is 1.06 bits per heavy atom. The van der Waals surface area contributed by atoms with E-state index in [4.69, 9.17) is 0 Å². The van der Waals surface area contributed by atoms with Crippen molar-refractivity contribution >= 4 is 43.2 Å². The second kappa shape index (κ2) is 7.62. The Kier molecular flexibility index (Phi) is 7.65. The van der Waals surface area contributed by atoms with Crippen molar-refractivity contribution in [3.8, 4) is 0 Å². The molecule has 106 valence electrons. The molecule has 0 fully saturated rings. The van der Waals surface area contributed by atoms with E-state index < -0.39 is 30.2 Å². The van der Waals surface area contributed by atoms with Crippen LogP contribution in [0.4, 0.5) is 0 Å². The quantitative estimate of drug-likeness (QED) is 0.713. The van der Waals surface area contributed by atoms with Gasteiger partial charge in [-0.2, -0.15) is 0 Å². The highest BCUT2D eigenvalue weighted by Gasteiger charge is 2.32. The molecule has 0 aliphatic heterocycles. The fourth-order valence-electron chi connectivity index (χ4n) is 1.05. The molecule has 0 aliphatic rings. The summed E-state index contributed by atoms with van der Waals surface area (Å²) in [4.78, 5) is 0. The molecule has 0 spiro atoms. The maximum atomic E-state index is 11.9. The normalized spacial score (nSPS) is 17.3. The van der Waals surface area contributed by atoms with E-state index in [-0.39, 0.29) is 0 Å². The van der Waals surface area contributed by atoms with Gasteiger partial charge in [0, 0.05) is 10.8 Å². The van der Waals surface area contributed by atoms with Crippen molar-refractivity contribution in [2.75, 3.05) is 12.5 Å². The van der Waals surface area contributed by atoms with Gasteiger partial charge in [0.25, 0.3) is 0 Å². The van der Waals surface area contributed by atoms with Crippen LogP contribution in [-0.4, -0.2) is 39.8 Å². The van der Waals surface area contributed by atoms with Crippen LogP contribution in [0.3, 0.4) is 0 Å². The summed E-state index contributed by atoms with van der Waals surface area (Å²) in [7, 11) is -7.10. The summed E-state index contributed by atoms with van der Waals surface area (Å²) >= 11 is 2.51. The first-order valence-corrected chi connectivity index (χ1v) is 10.8. The van der Waals surface area contributed by atoms with Crippen LogP contribution in [0, 0.1) is 0 Å². The number of sulfone groups is 2. The fraction of sp³-hybridized carbons (Fsp3) is 0.600. The van der Waals surface area contributed by atoms with Crippen molar-refractivity contribution in [3.05, 3.63) is 21.6 Å². The van der Waals surface area contributed by atoms with Gasteiger partial charge in [-0.25, -0.2) is 16.8 Å². The summed E-state index contributed by atoms with van der Waals surface area (Å²) < 4.78 is 47.4. The monoisotopic (exact) mass is 330 g/mol. The highest BCUT2D eigenvalue weighted by Crippen LogP contribution is 2.18. The molecule has 0 aromatic carbocycles. The largest absolute Gasteiger partial charge is 0.224 e. The molecular weight excluding hydrogens is 312 g/mol. The van der Waals surface area contributed by atoms with Crippen LogP contribution in [0.5, 0.6) is 0 Å². The summed E-state index contributed by atoms with van der Waals surface area (Å²) in [5, 5.41) is 3.04. The second-order valence-corrected chi connectivity index (χ2v) is 9.48. The van der Waals surface area contributed by atoms with E-state index >= 15 is 0 Å². The zero-order valence-corrected chi connectivity index (χ0v) is 14.0. The van der Waals surface area contributed by atoms with Gasteiger partial charge in [0.15, 0.2) is 19.7 Å². The first kappa shape index (κ1) is 18.1. The zero-order valence-electron chi connectivity index (χ0n) is 10.7. The maximum Gasteiger partial charge on any atom is 0.175 e. The van der Waals surface area contributed by atoms with Crippen LogP contribution in [0.25, 0.3) is 0 Å². The minimum Gasteiger partial charge on any atom is -0.224 e. The highest BCUT2D eigenvalue weighted by molar-refractivity contribution is 8.04. The molecule has 2 atom stereocenters. The van der Waals surface area contributed by atoms with Crippen LogP contribution in [0.15, 0.2) is 21.6 Å². The van der Waals surface area contributed by atoms with Gasteiger partial charge < -0.3 is 0 Å². The molecule has 0 aromatic heterocycles. The predicted octanol–water partition coefficient (Wildman–Crippen LogP) is 2.26. The van der Waals surface area contributed by atoms with Gasteiger partial charge in [-0.05, 0) is 37.2 Å². The van der Waals surface area contributed by atoms with Crippen LogP contribution in [0.1, 0.15) is 13.8 Å². The molecule has 0 saturated heterocycles. The molecule has 18 heavy (non-hydrogen) atoms. The number of rotatable bonds is 7. The Morgan fingerprint density at radius 3 is 1.28 bits per heavy atom. The first-order chi connectivity index (χ1) is 8.19. The second-order valence-electron chi connectivity index (χ2n) is 3.60. The summed E-state index contributed by atoms with van der Waals surface area (Å²) in [6, 6.07) is 0. The van der Waals surface area contributed by atoms with E-state index in [2.05, 4.69) is 0 Å². The van der Waals surface area contributed by atoms with Gasteiger partial charge in [-0.1, -0.05) is 0 Å². The van der Waals surface area contributed by atoms with Crippen molar-refractivity contribution < 1.29 is 16.8 Å². The summed E-state index contributed by atoms with van der Waals surface area (Å²) in [5.41, 5.74) is 0. The van der Waals surface area contributed by atoms with E-state index in [1.54, 1.807) is 12.5 Å². The van der Waals surface area contributed by atoms with E-state index in [9.17, 15) is 16.8 Å². The van der Waals surface area contributed by atoms with E-state index in [1.165, 1.54) is 48.2 Å². The fourth-order valence-corrected chi connectivity index (χ4v) is 5.67. The Bertz CT molecular complexity index is 454. The predicted molar refractivity (Wildman–Crippen MR) is 82.1 cm³/mol. The zero-order chi connectivity index (χ0) is 14.4.